The van der Waals surface area contributed by atoms with Gasteiger partial charge in [-0.2, -0.15) is 4.98 Å². The molecule has 0 unspecified atom stereocenters. The van der Waals surface area contributed by atoms with Crippen molar-refractivity contribution in [2.75, 3.05) is 48.6 Å². The maximum atomic E-state index is 11.6. The Kier molecular flexibility index (Phi) is 6.01. The smallest absolute Gasteiger partial charge is 0.332 e. The Balaban J connectivity index is 1.91. The van der Waals surface area contributed by atoms with Crippen LogP contribution in [0.15, 0.2) is 48.5 Å². The molecule has 0 aliphatic rings. The number of aryl methyl sites for hydroxylation is 1. The summed E-state index contributed by atoms with van der Waals surface area (Å²) in [5.41, 5.74) is 3.69. The molecule has 3 rings (SSSR count). The third-order valence-electron chi connectivity index (χ3n) is 4.53. The minimum Gasteiger partial charge on any atom is -0.378 e. The van der Waals surface area contributed by atoms with Crippen molar-refractivity contribution in [1.82, 2.24) is 9.97 Å². The number of hydrogen-bond acceptors (Lipinski definition) is 8. The van der Waals surface area contributed by atoms with Gasteiger partial charge in [-0.05, 0) is 55.5 Å². The molecule has 156 valence electrons. The van der Waals surface area contributed by atoms with Crippen LogP contribution in [0.5, 0.6) is 0 Å². The van der Waals surface area contributed by atoms with Gasteiger partial charge in [-0.15, -0.1) is 0 Å². The predicted octanol–water partition coefficient (Wildman–Crippen LogP) is 4.31. The molecule has 1 aromatic heterocycles. The van der Waals surface area contributed by atoms with Crippen molar-refractivity contribution in [3.8, 4) is 0 Å². The summed E-state index contributed by atoms with van der Waals surface area (Å²) in [5, 5.41) is 17.8. The first kappa shape index (κ1) is 20.8. The van der Waals surface area contributed by atoms with Gasteiger partial charge >= 0.3 is 5.69 Å². The summed E-state index contributed by atoms with van der Waals surface area (Å²) in [6.45, 7) is 1.60. The fraction of sp³-hybridized carbons (Fsp3) is 0.238. The minimum atomic E-state index is -0.471. The zero-order valence-electron chi connectivity index (χ0n) is 17.7. The van der Waals surface area contributed by atoms with Crippen LogP contribution in [0.3, 0.4) is 0 Å². The fourth-order valence-corrected chi connectivity index (χ4v) is 2.88. The lowest BCUT2D eigenvalue weighted by molar-refractivity contribution is -0.385. The first-order chi connectivity index (χ1) is 14.2. The summed E-state index contributed by atoms with van der Waals surface area (Å²) in [7, 11) is 7.83. The normalized spacial score (nSPS) is 10.4. The molecule has 0 saturated heterocycles. The number of aromatic nitrogens is 2. The lowest BCUT2D eigenvalue weighted by Crippen LogP contribution is -2.09. The van der Waals surface area contributed by atoms with Crippen molar-refractivity contribution < 1.29 is 4.92 Å². The largest absolute Gasteiger partial charge is 0.378 e. The summed E-state index contributed by atoms with van der Waals surface area (Å²) in [4.78, 5) is 23.7. The lowest BCUT2D eigenvalue weighted by atomic mass is 10.2. The van der Waals surface area contributed by atoms with Gasteiger partial charge in [0.1, 0.15) is 5.69 Å². The third kappa shape index (κ3) is 4.75. The second kappa shape index (κ2) is 8.64. The SMILES string of the molecule is Cc1nc(Nc2ccc(N(C)C)cc2)nc(Nc2ccc(N(C)C)cc2)c1[N+](=O)[O-]. The molecule has 0 bridgehead atoms. The zero-order chi connectivity index (χ0) is 21.8. The van der Waals surface area contributed by atoms with Crippen LogP contribution in [0.2, 0.25) is 0 Å². The highest BCUT2D eigenvalue weighted by molar-refractivity contribution is 5.70. The molecule has 2 N–H and O–H groups in total. The molecule has 0 aliphatic carbocycles. The average Bonchev–Trinajstić information content (AvgIpc) is 2.68. The van der Waals surface area contributed by atoms with Crippen molar-refractivity contribution in [1.29, 1.82) is 0 Å². The molecule has 2 aromatic carbocycles. The topological polar surface area (TPSA) is 99.5 Å². The minimum absolute atomic E-state index is 0.137. The summed E-state index contributed by atoms with van der Waals surface area (Å²) < 4.78 is 0. The van der Waals surface area contributed by atoms with E-state index in [0.29, 0.717) is 5.69 Å². The highest BCUT2D eigenvalue weighted by Gasteiger charge is 2.22. The number of nitrogens with one attached hydrogen (secondary N) is 2. The van der Waals surface area contributed by atoms with Gasteiger partial charge in [0.25, 0.3) is 0 Å². The van der Waals surface area contributed by atoms with E-state index >= 15 is 0 Å². The molecule has 9 nitrogen and oxygen atoms in total. The summed E-state index contributed by atoms with van der Waals surface area (Å²) in [6, 6.07) is 15.3. The number of nitro groups is 1. The van der Waals surface area contributed by atoms with E-state index in [-0.39, 0.29) is 23.1 Å². The summed E-state index contributed by atoms with van der Waals surface area (Å²) in [5.74, 6) is 0.417. The summed E-state index contributed by atoms with van der Waals surface area (Å²) >= 11 is 0. The molecule has 3 aromatic rings. The number of anilines is 6. The number of rotatable bonds is 7. The van der Waals surface area contributed by atoms with E-state index in [0.717, 1.165) is 17.1 Å². The average molecular weight is 407 g/mol. The van der Waals surface area contributed by atoms with Crippen LogP contribution in [0.25, 0.3) is 0 Å². The van der Waals surface area contributed by atoms with Crippen LogP contribution in [0, 0.1) is 17.0 Å². The van der Waals surface area contributed by atoms with E-state index in [2.05, 4.69) is 20.6 Å². The molecule has 30 heavy (non-hydrogen) atoms. The lowest BCUT2D eigenvalue weighted by Gasteiger charge is -2.15. The van der Waals surface area contributed by atoms with Gasteiger partial charge in [-0.1, -0.05) is 0 Å². The molecule has 0 radical (unpaired) electrons. The van der Waals surface area contributed by atoms with Crippen LogP contribution in [-0.4, -0.2) is 43.1 Å². The maximum Gasteiger partial charge on any atom is 0.332 e. The van der Waals surface area contributed by atoms with Gasteiger partial charge < -0.3 is 20.4 Å². The summed E-state index contributed by atoms with van der Waals surface area (Å²) in [6.07, 6.45) is 0. The first-order valence-corrected chi connectivity index (χ1v) is 9.36. The zero-order valence-corrected chi connectivity index (χ0v) is 17.7. The number of nitrogens with zero attached hydrogens (tertiary/aromatic N) is 5. The fourth-order valence-electron chi connectivity index (χ4n) is 2.88. The molecule has 0 amide bonds. The molecular formula is C21H25N7O2. The number of benzene rings is 2. The molecule has 1 heterocycles. The van der Waals surface area contributed by atoms with Crippen molar-refractivity contribution in [3.05, 3.63) is 64.3 Å². The Morgan fingerprint density at radius 1 is 0.800 bits per heavy atom. The highest BCUT2D eigenvalue weighted by atomic mass is 16.6. The van der Waals surface area contributed by atoms with Crippen LogP contribution in [-0.2, 0) is 0 Å². The van der Waals surface area contributed by atoms with Crippen LogP contribution in [0.4, 0.5) is 40.2 Å². The van der Waals surface area contributed by atoms with Gasteiger partial charge in [-0.3, -0.25) is 10.1 Å². The molecule has 0 atom stereocenters. The quantitative estimate of drug-likeness (QED) is 0.441. The van der Waals surface area contributed by atoms with E-state index in [1.165, 1.54) is 0 Å². The Bertz CT molecular complexity index is 1030. The van der Waals surface area contributed by atoms with E-state index in [9.17, 15) is 10.1 Å². The van der Waals surface area contributed by atoms with Crippen LogP contribution < -0.4 is 20.4 Å². The van der Waals surface area contributed by atoms with Crippen molar-refractivity contribution in [2.24, 2.45) is 0 Å². The highest BCUT2D eigenvalue weighted by Crippen LogP contribution is 2.31. The van der Waals surface area contributed by atoms with Crippen molar-refractivity contribution in [2.45, 2.75) is 6.92 Å². The van der Waals surface area contributed by atoms with E-state index in [4.69, 9.17) is 0 Å². The van der Waals surface area contributed by atoms with E-state index < -0.39 is 4.92 Å². The molecule has 0 saturated carbocycles. The standard InChI is InChI=1S/C21H25N7O2/c1-14-19(28(29)30)20(23-15-6-10-17(11-7-15)26(2)3)25-21(22-14)24-16-8-12-18(13-9-16)27(4)5/h6-13H,1-5H3,(H2,22,23,24,25). The Hall–Kier alpha value is -3.88. The Labute approximate surface area is 175 Å². The molecule has 9 heteroatoms. The van der Waals surface area contributed by atoms with E-state index in [1.807, 2.05) is 86.5 Å². The van der Waals surface area contributed by atoms with Gasteiger partial charge in [0.15, 0.2) is 0 Å². The van der Waals surface area contributed by atoms with Crippen molar-refractivity contribution >= 4 is 40.2 Å². The first-order valence-electron chi connectivity index (χ1n) is 9.36. The van der Waals surface area contributed by atoms with E-state index in [1.54, 1.807) is 6.92 Å². The van der Waals surface area contributed by atoms with Gasteiger partial charge in [0, 0.05) is 50.9 Å². The number of hydrogen-bond donors (Lipinski definition) is 2. The second-order valence-corrected chi connectivity index (χ2v) is 7.22. The van der Waals surface area contributed by atoms with Crippen molar-refractivity contribution in [3.63, 3.8) is 0 Å². The third-order valence-corrected chi connectivity index (χ3v) is 4.53. The predicted molar refractivity (Wildman–Crippen MR) is 122 cm³/mol. The maximum absolute atomic E-state index is 11.6. The molecular weight excluding hydrogens is 382 g/mol. The van der Waals surface area contributed by atoms with Gasteiger partial charge in [0.05, 0.1) is 4.92 Å². The van der Waals surface area contributed by atoms with Gasteiger partial charge in [-0.25, -0.2) is 4.98 Å². The monoisotopic (exact) mass is 407 g/mol. The second-order valence-electron chi connectivity index (χ2n) is 7.22. The van der Waals surface area contributed by atoms with Crippen LogP contribution >= 0.6 is 0 Å². The van der Waals surface area contributed by atoms with Crippen LogP contribution in [0.1, 0.15) is 5.69 Å². The van der Waals surface area contributed by atoms with Gasteiger partial charge in [0.2, 0.25) is 11.8 Å². The molecule has 0 spiro atoms. The Morgan fingerprint density at radius 3 is 1.70 bits per heavy atom. The molecule has 0 aliphatic heterocycles. The Morgan fingerprint density at radius 2 is 1.27 bits per heavy atom. The molecule has 0 fully saturated rings.